The molecule has 2 atom stereocenters. The summed E-state index contributed by atoms with van der Waals surface area (Å²) in [5.41, 5.74) is 2.71. The van der Waals surface area contributed by atoms with Gasteiger partial charge >= 0.3 is 0 Å². The van der Waals surface area contributed by atoms with E-state index in [0.29, 0.717) is 12.0 Å². The van der Waals surface area contributed by atoms with E-state index in [1.807, 2.05) is 39.8 Å². The number of aryl methyl sites for hydroxylation is 1. The second-order valence-electron chi connectivity index (χ2n) is 5.39. The quantitative estimate of drug-likeness (QED) is 0.810. The van der Waals surface area contributed by atoms with Gasteiger partial charge < -0.3 is 4.90 Å². The van der Waals surface area contributed by atoms with Crippen LogP contribution in [0.1, 0.15) is 61.1 Å². The number of imide groups is 1. The summed E-state index contributed by atoms with van der Waals surface area (Å²) in [5.74, 6) is -0.753. The number of carbonyl (C=O) groups excluding carboxylic acids is 3. The van der Waals surface area contributed by atoms with Gasteiger partial charge in [0.1, 0.15) is 6.04 Å². The smallest absolute Gasteiger partial charge is 0.255 e. The van der Waals surface area contributed by atoms with Gasteiger partial charge in [0.2, 0.25) is 11.8 Å². The highest BCUT2D eigenvalue weighted by Crippen LogP contribution is 2.38. The van der Waals surface area contributed by atoms with Gasteiger partial charge in [0.15, 0.2) is 0 Å². The molecule has 0 aromatic heterocycles. The first-order chi connectivity index (χ1) is 10.5. The average molecular weight is 302 g/mol. The monoisotopic (exact) mass is 302 g/mol. The van der Waals surface area contributed by atoms with Crippen LogP contribution in [-0.2, 0) is 9.59 Å². The number of hydrogen-bond donors (Lipinski definition) is 1. The van der Waals surface area contributed by atoms with Crippen molar-refractivity contribution in [3.8, 4) is 0 Å². The molecule has 2 aliphatic heterocycles. The third-order valence-electron chi connectivity index (χ3n) is 4.17. The van der Waals surface area contributed by atoms with Crippen LogP contribution in [0.3, 0.4) is 0 Å². The number of fused-ring (bicyclic) bond motifs is 1. The van der Waals surface area contributed by atoms with Crippen molar-refractivity contribution in [2.24, 2.45) is 0 Å². The highest BCUT2D eigenvalue weighted by molar-refractivity contribution is 6.06. The maximum atomic E-state index is 12.5. The average Bonchev–Trinajstić information content (AvgIpc) is 2.75. The van der Waals surface area contributed by atoms with Crippen molar-refractivity contribution < 1.29 is 14.4 Å². The Hall–Kier alpha value is -2.17. The summed E-state index contributed by atoms with van der Waals surface area (Å²) in [4.78, 5) is 37.4. The zero-order valence-electron chi connectivity index (χ0n) is 13.5. The van der Waals surface area contributed by atoms with Crippen LogP contribution < -0.4 is 5.32 Å². The van der Waals surface area contributed by atoms with Crippen molar-refractivity contribution in [2.45, 2.75) is 52.6 Å². The summed E-state index contributed by atoms with van der Waals surface area (Å²) in [6.45, 7) is 7.90. The molecule has 3 rings (SSSR count). The van der Waals surface area contributed by atoms with Gasteiger partial charge in [-0.25, -0.2) is 0 Å². The van der Waals surface area contributed by atoms with Crippen LogP contribution in [0.2, 0.25) is 0 Å². The van der Waals surface area contributed by atoms with Gasteiger partial charge in [-0.3, -0.25) is 19.7 Å². The number of rotatable bonds is 1. The van der Waals surface area contributed by atoms with Crippen LogP contribution in [0.4, 0.5) is 0 Å². The van der Waals surface area contributed by atoms with Gasteiger partial charge in [0.05, 0.1) is 6.04 Å². The molecule has 1 N–H and O–H groups in total. The van der Waals surface area contributed by atoms with E-state index in [0.717, 1.165) is 11.1 Å². The fourth-order valence-corrected chi connectivity index (χ4v) is 3.23. The molecular weight excluding hydrogens is 280 g/mol. The third-order valence-corrected chi connectivity index (χ3v) is 4.17. The minimum absolute atomic E-state index is 0.120. The van der Waals surface area contributed by atoms with Gasteiger partial charge in [-0.1, -0.05) is 26.0 Å². The molecule has 0 saturated carbocycles. The highest BCUT2D eigenvalue weighted by Gasteiger charge is 2.43. The molecule has 5 heteroatoms. The van der Waals surface area contributed by atoms with Crippen LogP contribution in [0.25, 0.3) is 0 Å². The molecular formula is C17H22N2O3. The molecule has 1 fully saturated rings. The van der Waals surface area contributed by atoms with E-state index in [1.165, 1.54) is 0 Å². The predicted octanol–water partition coefficient (Wildman–Crippen LogP) is 2.34. The Balaban J connectivity index is 0.000000847. The van der Waals surface area contributed by atoms with Crippen molar-refractivity contribution in [1.29, 1.82) is 0 Å². The molecule has 0 bridgehead atoms. The number of hydrogen-bond acceptors (Lipinski definition) is 3. The first-order valence-corrected chi connectivity index (χ1v) is 7.76. The Labute approximate surface area is 130 Å². The molecule has 2 heterocycles. The molecule has 0 aliphatic carbocycles. The van der Waals surface area contributed by atoms with E-state index in [4.69, 9.17) is 0 Å². The van der Waals surface area contributed by atoms with Gasteiger partial charge in [0, 0.05) is 12.0 Å². The van der Waals surface area contributed by atoms with Crippen LogP contribution in [0.15, 0.2) is 18.2 Å². The number of amides is 3. The minimum Gasteiger partial charge on any atom is -0.320 e. The SMILES string of the molecule is CC.Cc1cccc2c1C(C)N(C1CCC(=O)NC1=O)C2=O. The molecule has 22 heavy (non-hydrogen) atoms. The Kier molecular flexibility index (Phi) is 4.64. The van der Waals surface area contributed by atoms with Crippen molar-refractivity contribution in [1.82, 2.24) is 10.2 Å². The predicted molar refractivity (Wildman–Crippen MR) is 83.3 cm³/mol. The van der Waals surface area contributed by atoms with Crippen LogP contribution in [0, 0.1) is 6.92 Å². The van der Waals surface area contributed by atoms with Crippen molar-refractivity contribution in [3.05, 3.63) is 34.9 Å². The minimum atomic E-state index is -0.554. The number of nitrogens with zero attached hydrogens (tertiary/aromatic N) is 1. The molecule has 1 aromatic carbocycles. The zero-order valence-corrected chi connectivity index (χ0v) is 13.5. The number of nitrogens with one attached hydrogen (secondary N) is 1. The molecule has 118 valence electrons. The number of carbonyl (C=O) groups is 3. The lowest BCUT2D eigenvalue weighted by molar-refractivity contribution is -0.137. The fraction of sp³-hybridized carbons (Fsp3) is 0.471. The first kappa shape index (κ1) is 16.2. The van der Waals surface area contributed by atoms with E-state index in [-0.39, 0.29) is 30.2 Å². The van der Waals surface area contributed by atoms with Crippen molar-refractivity contribution in [3.63, 3.8) is 0 Å². The second kappa shape index (κ2) is 6.30. The van der Waals surface area contributed by atoms with E-state index >= 15 is 0 Å². The molecule has 2 aliphatic rings. The molecule has 5 nitrogen and oxygen atoms in total. The molecule has 1 saturated heterocycles. The Morgan fingerprint density at radius 3 is 2.45 bits per heavy atom. The van der Waals surface area contributed by atoms with E-state index in [9.17, 15) is 14.4 Å². The summed E-state index contributed by atoms with van der Waals surface area (Å²) < 4.78 is 0. The fourth-order valence-electron chi connectivity index (χ4n) is 3.23. The third kappa shape index (κ3) is 2.51. The van der Waals surface area contributed by atoms with Gasteiger partial charge in [-0.2, -0.15) is 0 Å². The maximum absolute atomic E-state index is 12.5. The lowest BCUT2D eigenvalue weighted by atomic mass is 9.99. The number of benzene rings is 1. The summed E-state index contributed by atoms with van der Waals surface area (Å²) in [7, 11) is 0. The standard InChI is InChI=1S/C15H16N2O3.C2H6/c1-8-4-3-5-10-13(8)9(2)17(15(10)20)11-6-7-12(18)16-14(11)19;1-2/h3-5,9,11H,6-7H2,1-2H3,(H,16,18,19);1-2H3. The maximum Gasteiger partial charge on any atom is 0.255 e. The lowest BCUT2D eigenvalue weighted by Crippen LogP contribution is -2.53. The van der Waals surface area contributed by atoms with Gasteiger partial charge in [-0.15, -0.1) is 0 Å². The summed E-state index contributed by atoms with van der Waals surface area (Å²) >= 11 is 0. The Morgan fingerprint density at radius 1 is 1.18 bits per heavy atom. The van der Waals surface area contributed by atoms with Crippen LogP contribution in [-0.4, -0.2) is 28.7 Å². The van der Waals surface area contributed by atoms with Crippen LogP contribution >= 0.6 is 0 Å². The molecule has 0 radical (unpaired) electrons. The topological polar surface area (TPSA) is 66.5 Å². The normalized spacial score (nSPS) is 23.6. The first-order valence-electron chi connectivity index (χ1n) is 7.76. The van der Waals surface area contributed by atoms with E-state index < -0.39 is 6.04 Å². The molecule has 1 aromatic rings. The van der Waals surface area contributed by atoms with E-state index in [2.05, 4.69) is 5.32 Å². The van der Waals surface area contributed by atoms with E-state index in [1.54, 1.807) is 11.0 Å². The second-order valence-corrected chi connectivity index (χ2v) is 5.39. The summed E-state index contributed by atoms with van der Waals surface area (Å²) in [6.07, 6.45) is 0.677. The van der Waals surface area contributed by atoms with Crippen LogP contribution in [0.5, 0.6) is 0 Å². The Morgan fingerprint density at radius 2 is 1.86 bits per heavy atom. The van der Waals surface area contributed by atoms with Crippen molar-refractivity contribution >= 4 is 17.7 Å². The zero-order chi connectivity index (χ0) is 16.4. The summed E-state index contributed by atoms with van der Waals surface area (Å²) in [5, 5.41) is 2.32. The largest absolute Gasteiger partial charge is 0.320 e. The lowest BCUT2D eigenvalue weighted by Gasteiger charge is -2.33. The van der Waals surface area contributed by atoms with Gasteiger partial charge in [0.25, 0.3) is 5.91 Å². The Bertz CT molecular complexity index is 624. The molecule has 3 amide bonds. The van der Waals surface area contributed by atoms with Crippen molar-refractivity contribution in [2.75, 3.05) is 0 Å². The summed E-state index contributed by atoms with van der Waals surface area (Å²) in [6, 6.07) is 4.93. The molecule has 0 spiro atoms. The van der Waals surface area contributed by atoms with Gasteiger partial charge in [-0.05, 0) is 37.5 Å². The highest BCUT2D eigenvalue weighted by atomic mass is 16.2. The molecule has 2 unspecified atom stereocenters. The number of piperidine rings is 1.